The van der Waals surface area contributed by atoms with Gasteiger partial charge in [0.05, 0.1) is 29.5 Å². The third kappa shape index (κ3) is 6.89. The number of aliphatic carboxylic acids is 1. The number of thiazole rings is 1. The van der Waals surface area contributed by atoms with Gasteiger partial charge in [0.2, 0.25) is 5.91 Å². The minimum atomic E-state index is -5.08. The molecule has 12 heteroatoms. The van der Waals surface area contributed by atoms with E-state index < -0.39 is 12.1 Å². The quantitative estimate of drug-likeness (QED) is 0.728. The number of carboxylic acid groups (broad SMARTS) is 1. The lowest BCUT2D eigenvalue weighted by atomic mass is 9.98. The van der Waals surface area contributed by atoms with Crippen LogP contribution in [0, 0.1) is 6.92 Å². The molecular weight excluding hydrogens is 427 g/mol. The number of hydrogen-bond donors (Lipinski definition) is 1. The number of carbonyl (C=O) groups excluding carboxylic acids is 1. The summed E-state index contributed by atoms with van der Waals surface area (Å²) in [6, 6.07) is 0. The normalized spacial score (nSPS) is 24.0. The summed E-state index contributed by atoms with van der Waals surface area (Å²) in [5.41, 5.74) is 2.95. The van der Waals surface area contributed by atoms with Crippen LogP contribution in [0.2, 0.25) is 0 Å². The van der Waals surface area contributed by atoms with E-state index in [2.05, 4.69) is 16.8 Å². The largest absolute Gasteiger partial charge is 0.490 e. The van der Waals surface area contributed by atoms with Crippen LogP contribution in [0.4, 0.5) is 13.2 Å². The van der Waals surface area contributed by atoms with E-state index in [4.69, 9.17) is 19.4 Å². The minimum absolute atomic E-state index is 0.000306. The van der Waals surface area contributed by atoms with Gasteiger partial charge in [-0.15, -0.1) is 11.3 Å². The molecule has 0 bridgehead atoms. The zero-order valence-electron chi connectivity index (χ0n) is 17.1. The molecule has 0 saturated carbocycles. The Kier molecular flexibility index (Phi) is 8.20. The van der Waals surface area contributed by atoms with Gasteiger partial charge in [-0.2, -0.15) is 13.2 Å². The summed E-state index contributed by atoms with van der Waals surface area (Å²) in [5.74, 6) is -2.76. The van der Waals surface area contributed by atoms with Gasteiger partial charge < -0.3 is 19.5 Å². The second-order valence-electron chi connectivity index (χ2n) is 7.54. The molecule has 0 aromatic carbocycles. The number of amides is 1. The number of rotatable bonds is 5. The lowest BCUT2D eigenvalue weighted by Crippen LogP contribution is -2.33. The SMILES string of the molecule is Cc1ncsc1CN1CC[C@]2(C[C@H](OCC(=O)N(C)C)CO2)C1.O=C(O)C(F)(F)F. The Balaban J connectivity index is 0.000000396. The molecule has 1 N–H and O–H groups in total. The number of likely N-dealkylation sites (N-methyl/N-ethyl adjacent to an activating group) is 1. The van der Waals surface area contributed by atoms with Crippen LogP contribution >= 0.6 is 11.3 Å². The molecule has 0 radical (unpaired) electrons. The number of nitrogens with zero attached hydrogens (tertiary/aromatic N) is 3. The summed E-state index contributed by atoms with van der Waals surface area (Å²) in [7, 11) is 3.49. The first kappa shape index (κ1) is 24.5. The first-order valence-electron chi connectivity index (χ1n) is 9.29. The van der Waals surface area contributed by atoms with Gasteiger partial charge in [0.1, 0.15) is 6.61 Å². The first-order chi connectivity index (χ1) is 13.9. The third-order valence-electron chi connectivity index (χ3n) is 4.97. The summed E-state index contributed by atoms with van der Waals surface area (Å²) in [4.78, 5) is 30.2. The van der Waals surface area contributed by atoms with E-state index in [1.165, 1.54) is 4.88 Å². The van der Waals surface area contributed by atoms with E-state index in [0.717, 1.165) is 38.2 Å². The van der Waals surface area contributed by atoms with E-state index in [9.17, 15) is 18.0 Å². The number of aryl methyl sites for hydroxylation is 1. The van der Waals surface area contributed by atoms with Gasteiger partial charge in [0.25, 0.3) is 0 Å². The molecule has 3 heterocycles. The van der Waals surface area contributed by atoms with Crippen LogP contribution in [0.5, 0.6) is 0 Å². The summed E-state index contributed by atoms with van der Waals surface area (Å²) in [5, 5.41) is 7.12. The van der Waals surface area contributed by atoms with Crippen LogP contribution in [-0.4, -0.2) is 90.0 Å². The molecule has 2 aliphatic rings. The van der Waals surface area contributed by atoms with Crippen molar-refractivity contribution in [2.24, 2.45) is 0 Å². The highest BCUT2D eigenvalue weighted by Gasteiger charge is 2.46. The average molecular weight is 453 g/mol. The molecule has 170 valence electrons. The monoisotopic (exact) mass is 453 g/mol. The Labute approximate surface area is 176 Å². The number of hydrogen-bond acceptors (Lipinski definition) is 7. The van der Waals surface area contributed by atoms with Gasteiger partial charge in [0, 0.05) is 45.0 Å². The summed E-state index contributed by atoms with van der Waals surface area (Å²) in [6.07, 6.45) is -3.14. The Morgan fingerprint density at radius 3 is 2.67 bits per heavy atom. The number of likely N-dealkylation sites (tertiary alicyclic amines) is 1. The summed E-state index contributed by atoms with van der Waals surface area (Å²) < 4.78 is 43.5. The van der Waals surface area contributed by atoms with Crippen molar-refractivity contribution in [3.8, 4) is 0 Å². The molecule has 0 aliphatic carbocycles. The molecule has 2 aliphatic heterocycles. The highest BCUT2D eigenvalue weighted by atomic mass is 32.1. The van der Waals surface area contributed by atoms with E-state index in [1.54, 1.807) is 30.3 Å². The Hall–Kier alpha value is -1.76. The Bertz CT molecular complexity index is 743. The maximum atomic E-state index is 11.6. The average Bonchev–Trinajstić information content (AvgIpc) is 3.35. The van der Waals surface area contributed by atoms with Crippen LogP contribution in [0.1, 0.15) is 23.4 Å². The van der Waals surface area contributed by atoms with Crippen molar-refractivity contribution in [2.75, 3.05) is 40.4 Å². The van der Waals surface area contributed by atoms with Gasteiger partial charge in [0.15, 0.2) is 0 Å². The molecule has 1 spiro atoms. The zero-order valence-corrected chi connectivity index (χ0v) is 17.9. The van der Waals surface area contributed by atoms with Gasteiger partial charge in [-0.25, -0.2) is 9.78 Å². The fraction of sp³-hybridized carbons (Fsp3) is 0.722. The smallest absolute Gasteiger partial charge is 0.475 e. The number of aromatic nitrogens is 1. The lowest BCUT2D eigenvalue weighted by Gasteiger charge is -2.23. The molecule has 3 rings (SSSR count). The summed E-state index contributed by atoms with van der Waals surface area (Å²) in [6.45, 7) is 5.73. The standard InChI is InChI=1S/C16H25N3O3S.C2HF3O2/c1-12-14(23-11-17-12)7-19-5-4-16(10-19)6-13(8-22-16)21-9-15(20)18(2)3;3-2(4,5)1(6)7/h11,13H,4-10H2,1-3H3;(H,6,7)/t13-,16-;/m0./s1. The first-order valence-corrected chi connectivity index (χ1v) is 10.2. The summed E-state index contributed by atoms with van der Waals surface area (Å²) >= 11 is 1.72. The van der Waals surface area contributed by atoms with Crippen LogP contribution in [0.25, 0.3) is 0 Å². The fourth-order valence-electron chi connectivity index (χ4n) is 3.26. The van der Waals surface area contributed by atoms with Crippen molar-refractivity contribution >= 4 is 23.2 Å². The number of ether oxygens (including phenoxy) is 2. The van der Waals surface area contributed by atoms with E-state index in [-0.39, 0.29) is 24.2 Å². The fourth-order valence-corrected chi connectivity index (χ4v) is 4.07. The molecular formula is C18H26F3N3O5S. The molecule has 8 nitrogen and oxygen atoms in total. The van der Waals surface area contributed by atoms with Crippen LogP contribution < -0.4 is 0 Å². The molecule has 1 aromatic rings. The van der Waals surface area contributed by atoms with Crippen LogP contribution in [0.3, 0.4) is 0 Å². The Morgan fingerprint density at radius 2 is 2.13 bits per heavy atom. The number of halogens is 3. The molecule has 1 aromatic heterocycles. The van der Waals surface area contributed by atoms with E-state index in [1.807, 2.05) is 5.51 Å². The predicted octanol–water partition coefficient (Wildman–Crippen LogP) is 1.92. The highest BCUT2D eigenvalue weighted by molar-refractivity contribution is 7.09. The number of carboxylic acids is 1. The molecule has 2 saturated heterocycles. The predicted molar refractivity (Wildman–Crippen MR) is 102 cm³/mol. The molecule has 2 fully saturated rings. The van der Waals surface area contributed by atoms with Crippen molar-refractivity contribution in [1.29, 1.82) is 0 Å². The molecule has 30 heavy (non-hydrogen) atoms. The maximum Gasteiger partial charge on any atom is 0.490 e. The topological polar surface area (TPSA) is 92.2 Å². The highest BCUT2D eigenvalue weighted by Crippen LogP contribution is 2.37. The van der Waals surface area contributed by atoms with Gasteiger partial charge in [-0.1, -0.05) is 0 Å². The molecule has 0 unspecified atom stereocenters. The van der Waals surface area contributed by atoms with Gasteiger partial charge in [-0.3, -0.25) is 9.69 Å². The van der Waals surface area contributed by atoms with Crippen molar-refractivity contribution in [3.05, 3.63) is 16.1 Å². The lowest BCUT2D eigenvalue weighted by molar-refractivity contribution is -0.192. The Morgan fingerprint density at radius 1 is 1.47 bits per heavy atom. The second-order valence-corrected chi connectivity index (χ2v) is 8.48. The number of alkyl halides is 3. The van der Waals surface area contributed by atoms with Crippen LogP contribution in [0.15, 0.2) is 5.51 Å². The molecule has 2 atom stereocenters. The van der Waals surface area contributed by atoms with Gasteiger partial charge in [-0.05, 0) is 13.3 Å². The third-order valence-corrected chi connectivity index (χ3v) is 5.89. The van der Waals surface area contributed by atoms with Crippen molar-refractivity contribution in [3.63, 3.8) is 0 Å². The number of carbonyl (C=O) groups is 2. The maximum absolute atomic E-state index is 11.6. The van der Waals surface area contributed by atoms with E-state index >= 15 is 0 Å². The second kappa shape index (κ2) is 10.0. The minimum Gasteiger partial charge on any atom is -0.475 e. The van der Waals surface area contributed by atoms with E-state index in [0.29, 0.717) is 6.61 Å². The zero-order chi connectivity index (χ0) is 22.5. The van der Waals surface area contributed by atoms with Crippen molar-refractivity contribution in [1.82, 2.24) is 14.8 Å². The van der Waals surface area contributed by atoms with Gasteiger partial charge >= 0.3 is 12.1 Å². The van der Waals surface area contributed by atoms with Crippen molar-refractivity contribution < 1.29 is 37.3 Å². The van der Waals surface area contributed by atoms with Crippen molar-refractivity contribution in [2.45, 2.75) is 44.2 Å². The van der Waals surface area contributed by atoms with Crippen LogP contribution in [-0.2, 0) is 25.6 Å². The molecule has 1 amide bonds.